The fourth-order valence-corrected chi connectivity index (χ4v) is 2.60. The fraction of sp³-hybridized carbons (Fsp3) is 0.571. The molecule has 1 fully saturated rings. The minimum atomic E-state index is 0.440. The van der Waals surface area contributed by atoms with Crippen LogP contribution in [-0.4, -0.2) is 7.85 Å². The summed E-state index contributed by atoms with van der Waals surface area (Å²) in [4.78, 5) is 0. The maximum atomic E-state index is 6.10. The molecule has 0 saturated heterocycles. The summed E-state index contributed by atoms with van der Waals surface area (Å²) in [6.45, 7) is 2.21. The van der Waals surface area contributed by atoms with Gasteiger partial charge in [0.1, 0.15) is 0 Å². The van der Waals surface area contributed by atoms with Crippen LogP contribution in [-0.2, 0) is 12.8 Å². The smallest absolute Gasteiger partial charge is 0.0703 e. The first kappa shape index (κ1) is 10.8. The van der Waals surface area contributed by atoms with Crippen LogP contribution in [0.4, 0.5) is 0 Å². The van der Waals surface area contributed by atoms with Crippen LogP contribution >= 0.6 is 0 Å². The fourth-order valence-electron chi connectivity index (χ4n) is 2.60. The van der Waals surface area contributed by atoms with Gasteiger partial charge in [-0.05, 0) is 29.9 Å². The third kappa shape index (κ3) is 2.65. The van der Waals surface area contributed by atoms with E-state index in [2.05, 4.69) is 31.2 Å². The Morgan fingerprint density at radius 3 is 2.73 bits per heavy atom. The first-order chi connectivity index (χ1) is 7.29. The third-order valence-electron chi connectivity index (χ3n) is 3.62. The van der Waals surface area contributed by atoms with Gasteiger partial charge >= 0.3 is 0 Å². The number of hydrogen-bond acceptors (Lipinski definition) is 0. The molecule has 1 aromatic rings. The second kappa shape index (κ2) is 4.87. The number of rotatable bonds is 3. The van der Waals surface area contributed by atoms with Crippen molar-refractivity contribution < 1.29 is 0 Å². The molecule has 0 N–H and O–H groups in total. The van der Waals surface area contributed by atoms with Crippen molar-refractivity contribution in [3.8, 4) is 0 Å². The quantitative estimate of drug-likeness (QED) is 0.651. The molecule has 1 aromatic carbocycles. The summed E-state index contributed by atoms with van der Waals surface area (Å²) < 4.78 is 0. The summed E-state index contributed by atoms with van der Waals surface area (Å²) in [5.74, 6) is 1.16. The first-order valence-electron chi connectivity index (χ1n) is 6.13. The highest BCUT2D eigenvalue weighted by Gasteiger charge is 2.22. The Hall–Kier alpha value is -0.715. The lowest BCUT2D eigenvalue weighted by Crippen LogP contribution is -2.06. The number of benzene rings is 1. The van der Waals surface area contributed by atoms with Crippen LogP contribution in [0, 0.1) is 5.92 Å². The van der Waals surface area contributed by atoms with Crippen LogP contribution in [0.25, 0.3) is 0 Å². The van der Waals surface area contributed by atoms with Gasteiger partial charge in [0.15, 0.2) is 0 Å². The van der Waals surface area contributed by atoms with Gasteiger partial charge in [0.25, 0.3) is 0 Å². The number of hydrogen-bond donors (Lipinski definition) is 0. The topological polar surface area (TPSA) is 0 Å². The van der Waals surface area contributed by atoms with Gasteiger partial charge in [-0.3, -0.25) is 0 Å². The van der Waals surface area contributed by atoms with Crippen LogP contribution in [0.2, 0.25) is 5.82 Å². The normalized spacial score (nSPS) is 25.7. The lowest BCUT2D eigenvalue weighted by Gasteiger charge is -2.15. The van der Waals surface area contributed by atoms with Gasteiger partial charge in [-0.25, -0.2) is 0 Å². The van der Waals surface area contributed by atoms with Crippen LogP contribution in [0.5, 0.6) is 0 Å². The van der Waals surface area contributed by atoms with Crippen molar-refractivity contribution in [3.63, 3.8) is 0 Å². The van der Waals surface area contributed by atoms with E-state index in [1.54, 1.807) is 0 Å². The molecule has 78 valence electrons. The molecule has 2 atom stereocenters. The third-order valence-corrected chi connectivity index (χ3v) is 3.62. The number of aryl methyl sites for hydroxylation is 1. The molecule has 0 amide bonds. The van der Waals surface area contributed by atoms with Crippen LogP contribution < -0.4 is 0 Å². The SMILES string of the molecule is [B]C1CCCC1Cc1cccc(CC)c1. The Labute approximate surface area is 94.5 Å². The zero-order valence-corrected chi connectivity index (χ0v) is 9.58. The van der Waals surface area contributed by atoms with Crippen LogP contribution in [0.1, 0.15) is 37.3 Å². The van der Waals surface area contributed by atoms with Crippen molar-refractivity contribution in [2.45, 2.75) is 44.8 Å². The molecule has 0 aliphatic heterocycles. The molecule has 0 heterocycles. The van der Waals surface area contributed by atoms with Crippen LogP contribution in [0.15, 0.2) is 24.3 Å². The zero-order chi connectivity index (χ0) is 10.7. The van der Waals surface area contributed by atoms with E-state index >= 15 is 0 Å². The monoisotopic (exact) mass is 198 g/mol. The predicted octanol–water partition coefficient (Wildman–Crippen LogP) is 3.55. The molecule has 1 saturated carbocycles. The van der Waals surface area contributed by atoms with Crippen molar-refractivity contribution in [1.82, 2.24) is 0 Å². The average molecular weight is 198 g/mol. The minimum Gasteiger partial charge on any atom is -0.0743 e. The van der Waals surface area contributed by atoms with E-state index < -0.39 is 0 Å². The highest BCUT2D eigenvalue weighted by atomic mass is 14.2. The maximum Gasteiger partial charge on any atom is 0.0703 e. The van der Waals surface area contributed by atoms with E-state index in [0.29, 0.717) is 5.82 Å². The minimum absolute atomic E-state index is 0.440. The summed E-state index contributed by atoms with van der Waals surface area (Å²) in [5.41, 5.74) is 2.91. The zero-order valence-electron chi connectivity index (χ0n) is 9.58. The molecule has 0 aromatic heterocycles. The highest BCUT2D eigenvalue weighted by molar-refractivity contribution is 6.12. The summed E-state index contributed by atoms with van der Waals surface area (Å²) in [6, 6.07) is 8.96. The van der Waals surface area contributed by atoms with Crippen molar-refractivity contribution in [3.05, 3.63) is 35.4 Å². The second-order valence-electron chi connectivity index (χ2n) is 4.73. The average Bonchev–Trinajstić information content (AvgIpc) is 2.65. The van der Waals surface area contributed by atoms with E-state index in [1.165, 1.54) is 36.8 Å². The second-order valence-corrected chi connectivity index (χ2v) is 4.73. The van der Waals surface area contributed by atoms with Crippen molar-refractivity contribution in [2.24, 2.45) is 5.92 Å². The standard InChI is InChI=1S/C14H19B/c1-2-11-5-3-6-12(9-11)10-13-7-4-8-14(13)15/h3,5-6,9,13-14H,2,4,7-8,10H2,1H3. The van der Waals surface area contributed by atoms with Gasteiger partial charge in [-0.2, -0.15) is 0 Å². The van der Waals surface area contributed by atoms with E-state index in [9.17, 15) is 0 Å². The lowest BCUT2D eigenvalue weighted by molar-refractivity contribution is 0.546. The molecule has 0 nitrogen and oxygen atoms in total. The van der Waals surface area contributed by atoms with Crippen molar-refractivity contribution >= 4 is 7.85 Å². The molecule has 0 bridgehead atoms. The Bertz CT molecular complexity index is 319. The molecular weight excluding hydrogens is 179 g/mol. The first-order valence-corrected chi connectivity index (χ1v) is 6.13. The lowest BCUT2D eigenvalue weighted by atomic mass is 9.76. The molecule has 0 spiro atoms. The summed E-state index contributed by atoms with van der Waals surface area (Å²) >= 11 is 0. The molecule has 15 heavy (non-hydrogen) atoms. The van der Waals surface area contributed by atoms with E-state index in [-0.39, 0.29) is 0 Å². The van der Waals surface area contributed by atoms with E-state index in [0.717, 1.165) is 12.3 Å². The highest BCUT2D eigenvalue weighted by Crippen LogP contribution is 2.36. The predicted molar refractivity (Wildman–Crippen MR) is 66.4 cm³/mol. The molecule has 2 unspecified atom stereocenters. The maximum absolute atomic E-state index is 6.10. The van der Waals surface area contributed by atoms with Gasteiger partial charge in [-0.1, -0.05) is 56.3 Å². The van der Waals surface area contributed by atoms with Gasteiger partial charge in [0.2, 0.25) is 0 Å². The van der Waals surface area contributed by atoms with Crippen LogP contribution in [0.3, 0.4) is 0 Å². The van der Waals surface area contributed by atoms with E-state index in [4.69, 9.17) is 7.85 Å². The Morgan fingerprint density at radius 2 is 2.07 bits per heavy atom. The molecule has 2 rings (SSSR count). The van der Waals surface area contributed by atoms with Gasteiger partial charge in [0, 0.05) is 0 Å². The van der Waals surface area contributed by atoms with Gasteiger partial charge < -0.3 is 0 Å². The van der Waals surface area contributed by atoms with E-state index in [1.807, 2.05) is 0 Å². The Morgan fingerprint density at radius 1 is 1.27 bits per heavy atom. The van der Waals surface area contributed by atoms with Crippen molar-refractivity contribution in [1.29, 1.82) is 0 Å². The summed E-state index contributed by atoms with van der Waals surface area (Å²) in [5, 5.41) is 0. The molecular formula is C14H19B. The molecule has 2 radical (unpaired) electrons. The molecule has 1 heteroatoms. The molecule has 1 aliphatic carbocycles. The van der Waals surface area contributed by atoms with Gasteiger partial charge in [0.05, 0.1) is 7.85 Å². The summed E-state index contributed by atoms with van der Waals surface area (Å²) in [7, 11) is 6.10. The molecule has 1 aliphatic rings. The van der Waals surface area contributed by atoms with Gasteiger partial charge in [-0.15, -0.1) is 0 Å². The van der Waals surface area contributed by atoms with Crippen molar-refractivity contribution in [2.75, 3.05) is 0 Å². The largest absolute Gasteiger partial charge is 0.0743 e. The Kier molecular flexibility index (Phi) is 3.51. The summed E-state index contributed by atoms with van der Waals surface area (Å²) in [6.07, 6.45) is 6.16. The Balaban J connectivity index is 2.03.